The number of carbonyl (C=O) groups is 1. The Morgan fingerprint density at radius 2 is 2.11 bits per heavy atom. The Morgan fingerprint density at radius 1 is 1.67 bits per heavy atom. The highest BCUT2D eigenvalue weighted by Crippen LogP contribution is 1.81. The number of carbonyl (C=O) groups excluding carboxylic acids is 1. The first-order valence-corrected chi connectivity index (χ1v) is 2.31. The molecule has 0 aromatic heterocycles. The number of hydrogen-bond acceptors (Lipinski definition) is 3. The van der Waals surface area contributed by atoms with Crippen LogP contribution in [0, 0.1) is 0 Å². The Hall–Kier alpha value is -0.320. The van der Waals surface area contributed by atoms with E-state index in [1.165, 1.54) is 0 Å². The molecule has 0 aromatic rings. The summed E-state index contributed by atoms with van der Waals surface area (Å²) in [4.78, 5) is 10.00. The minimum atomic E-state index is -0.493. The van der Waals surface area contributed by atoms with Crippen LogP contribution in [-0.4, -0.2) is 23.7 Å². The molecule has 0 aliphatic heterocycles. The molecule has 1 amide bonds. The molecule has 0 saturated carbocycles. The molecule has 1 atom stereocenters. The number of aliphatic hydroxyl groups excluding tert-OH is 1. The molecule has 0 radical (unpaired) electrons. The fourth-order valence-electron chi connectivity index (χ4n) is 0.323. The van der Waals surface area contributed by atoms with Crippen molar-refractivity contribution in [2.45, 2.75) is 12.5 Å². The summed E-state index contributed by atoms with van der Waals surface area (Å²) in [6.07, 6.45) is 0.0521. The fraction of sp³-hybridized carbons (Fsp3) is 0.750. The van der Waals surface area contributed by atoms with Crippen molar-refractivity contribution in [3.63, 3.8) is 0 Å². The Bertz CT molecular complexity index is 88.6. The van der Waals surface area contributed by atoms with E-state index < -0.39 is 11.9 Å². The quantitative estimate of drug-likeness (QED) is 0.467. The summed E-state index contributed by atoms with van der Waals surface area (Å²) in [5, 5.41) is 8.25. The third-order valence-corrected chi connectivity index (χ3v) is 0.698. The molecule has 0 aliphatic rings. The van der Waals surface area contributed by atoms with Crippen LogP contribution in [0.1, 0.15) is 6.42 Å². The van der Waals surface area contributed by atoms with Gasteiger partial charge in [-0.15, -0.1) is 12.4 Å². The number of halogens is 1. The van der Waals surface area contributed by atoms with Crippen LogP contribution < -0.4 is 11.5 Å². The first-order chi connectivity index (χ1) is 3.66. The lowest BCUT2D eigenvalue weighted by molar-refractivity contribution is -0.118. The lowest BCUT2D eigenvalue weighted by atomic mass is 10.2. The van der Waals surface area contributed by atoms with Gasteiger partial charge in [0.2, 0.25) is 5.91 Å². The van der Waals surface area contributed by atoms with Crippen LogP contribution in [0.3, 0.4) is 0 Å². The number of nitrogens with two attached hydrogens (primary N) is 2. The van der Waals surface area contributed by atoms with Gasteiger partial charge in [0.1, 0.15) is 0 Å². The van der Waals surface area contributed by atoms with Gasteiger partial charge in [0.25, 0.3) is 0 Å². The predicted octanol–water partition coefficient (Wildman–Crippen LogP) is -1.40. The molecule has 5 heteroatoms. The molecule has 0 aromatic carbocycles. The van der Waals surface area contributed by atoms with E-state index in [1.54, 1.807) is 0 Å². The van der Waals surface area contributed by atoms with E-state index in [9.17, 15) is 4.79 Å². The van der Waals surface area contributed by atoms with Crippen LogP contribution in [-0.2, 0) is 4.79 Å². The summed E-state index contributed by atoms with van der Waals surface area (Å²) in [5.41, 5.74) is 9.86. The van der Waals surface area contributed by atoms with Crippen molar-refractivity contribution >= 4 is 18.3 Å². The fourth-order valence-corrected chi connectivity index (χ4v) is 0.323. The van der Waals surface area contributed by atoms with E-state index in [-0.39, 0.29) is 25.4 Å². The summed E-state index contributed by atoms with van der Waals surface area (Å²) in [7, 11) is 0. The van der Waals surface area contributed by atoms with Crippen molar-refractivity contribution in [3.8, 4) is 0 Å². The molecule has 4 nitrogen and oxygen atoms in total. The molecule has 9 heavy (non-hydrogen) atoms. The van der Waals surface area contributed by atoms with Gasteiger partial charge < -0.3 is 16.6 Å². The Balaban J connectivity index is 0. The van der Waals surface area contributed by atoms with Gasteiger partial charge in [0, 0.05) is 12.5 Å². The maximum Gasteiger partial charge on any atom is 0.219 e. The van der Waals surface area contributed by atoms with Crippen LogP contribution >= 0.6 is 12.4 Å². The van der Waals surface area contributed by atoms with E-state index in [4.69, 9.17) is 16.6 Å². The lowest BCUT2D eigenvalue weighted by Gasteiger charge is -2.01. The minimum absolute atomic E-state index is 0. The van der Waals surface area contributed by atoms with Crippen LogP contribution in [0.2, 0.25) is 0 Å². The molecular formula is C4H11ClN2O2. The number of primary amides is 1. The van der Waals surface area contributed by atoms with Gasteiger partial charge >= 0.3 is 0 Å². The maximum absolute atomic E-state index is 10.00. The third-order valence-electron chi connectivity index (χ3n) is 0.698. The van der Waals surface area contributed by atoms with Crippen LogP contribution in [0.5, 0.6) is 0 Å². The highest BCUT2D eigenvalue weighted by molar-refractivity contribution is 5.85. The molecule has 0 bridgehead atoms. The third kappa shape index (κ3) is 7.68. The molecule has 0 rings (SSSR count). The van der Waals surface area contributed by atoms with Crippen molar-refractivity contribution in [2.24, 2.45) is 11.5 Å². The summed E-state index contributed by atoms with van der Waals surface area (Å²) in [5.74, 6) is -0.480. The lowest BCUT2D eigenvalue weighted by Crippen LogP contribution is -2.30. The molecule has 56 valence electrons. The molecule has 0 spiro atoms. The molecule has 5 N–H and O–H groups in total. The number of hydrogen-bond donors (Lipinski definition) is 3. The van der Waals surface area contributed by atoms with Crippen molar-refractivity contribution in [1.29, 1.82) is 0 Å². The summed E-state index contributed by atoms with van der Waals surface area (Å²) < 4.78 is 0. The van der Waals surface area contributed by atoms with Crippen molar-refractivity contribution in [1.82, 2.24) is 0 Å². The van der Waals surface area contributed by atoms with Gasteiger partial charge in [-0.05, 0) is 0 Å². The first kappa shape index (κ1) is 11.5. The molecule has 0 heterocycles. The van der Waals surface area contributed by atoms with Gasteiger partial charge in [-0.2, -0.15) is 0 Å². The summed E-state index contributed by atoms with van der Waals surface area (Å²) in [6.45, 7) is -0.192. The van der Waals surface area contributed by atoms with Crippen LogP contribution in [0.15, 0.2) is 0 Å². The summed E-state index contributed by atoms with van der Waals surface area (Å²) >= 11 is 0. The topological polar surface area (TPSA) is 89.3 Å². The van der Waals surface area contributed by atoms with E-state index >= 15 is 0 Å². The second kappa shape index (κ2) is 5.81. The van der Waals surface area contributed by atoms with Crippen molar-refractivity contribution in [3.05, 3.63) is 0 Å². The van der Waals surface area contributed by atoms with E-state index in [0.29, 0.717) is 0 Å². The van der Waals surface area contributed by atoms with Gasteiger partial charge in [-0.1, -0.05) is 0 Å². The Labute approximate surface area is 59.6 Å². The van der Waals surface area contributed by atoms with Gasteiger partial charge in [-0.25, -0.2) is 0 Å². The average Bonchev–Trinajstić information content (AvgIpc) is 1.65. The smallest absolute Gasteiger partial charge is 0.219 e. The highest BCUT2D eigenvalue weighted by atomic mass is 35.5. The SMILES string of the molecule is Cl.NC(=O)C[C@H](N)CO. The van der Waals surface area contributed by atoms with E-state index in [1.807, 2.05) is 0 Å². The highest BCUT2D eigenvalue weighted by Gasteiger charge is 2.02. The second-order valence-electron chi connectivity index (χ2n) is 1.61. The molecule has 0 saturated heterocycles. The molecule has 0 fully saturated rings. The zero-order chi connectivity index (χ0) is 6.57. The first-order valence-electron chi connectivity index (χ1n) is 2.31. The van der Waals surface area contributed by atoms with Crippen molar-refractivity contribution < 1.29 is 9.90 Å². The Kier molecular flexibility index (Phi) is 7.41. The van der Waals surface area contributed by atoms with E-state index in [2.05, 4.69) is 0 Å². The minimum Gasteiger partial charge on any atom is -0.395 e. The van der Waals surface area contributed by atoms with Crippen LogP contribution in [0.4, 0.5) is 0 Å². The van der Waals surface area contributed by atoms with Gasteiger partial charge in [0.15, 0.2) is 0 Å². The average molecular weight is 155 g/mol. The zero-order valence-corrected chi connectivity index (χ0v) is 5.73. The normalized spacial score (nSPS) is 11.8. The second-order valence-corrected chi connectivity index (χ2v) is 1.61. The van der Waals surface area contributed by atoms with Crippen LogP contribution in [0.25, 0.3) is 0 Å². The standard InChI is InChI=1S/C4H10N2O2.ClH/c5-3(2-7)1-4(6)8;/h3,7H,1-2,5H2,(H2,6,8);1H/t3-;/m0./s1. The molecule has 0 unspecified atom stereocenters. The van der Waals surface area contributed by atoms with Gasteiger partial charge in [0.05, 0.1) is 6.61 Å². The predicted molar refractivity (Wildman–Crippen MR) is 36.1 cm³/mol. The number of aliphatic hydroxyl groups is 1. The number of amides is 1. The van der Waals surface area contributed by atoms with Crippen molar-refractivity contribution in [2.75, 3.05) is 6.61 Å². The maximum atomic E-state index is 10.00. The van der Waals surface area contributed by atoms with Gasteiger partial charge in [-0.3, -0.25) is 4.79 Å². The number of rotatable bonds is 3. The molecular weight excluding hydrogens is 144 g/mol. The summed E-state index contributed by atoms with van der Waals surface area (Å²) in [6, 6.07) is -0.493. The Morgan fingerprint density at radius 3 is 2.22 bits per heavy atom. The van der Waals surface area contributed by atoms with E-state index in [0.717, 1.165) is 0 Å². The largest absolute Gasteiger partial charge is 0.395 e. The molecule has 0 aliphatic carbocycles. The zero-order valence-electron chi connectivity index (χ0n) is 4.91. The monoisotopic (exact) mass is 154 g/mol.